The van der Waals surface area contributed by atoms with Crippen LogP contribution in [0.4, 0.5) is 0 Å². The molecule has 0 saturated carbocycles. The maximum absolute atomic E-state index is 9.07. The minimum atomic E-state index is -1.40. The van der Waals surface area contributed by atoms with E-state index in [1.165, 1.54) is 30.9 Å². The molecule has 0 aliphatic rings. The molecule has 1 aromatic carbocycles. The van der Waals surface area contributed by atoms with Crippen LogP contribution in [0.25, 0.3) is 0 Å². The Morgan fingerprint density at radius 3 is 2.47 bits per heavy atom. The van der Waals surface area contributed by atoms with E-state index >= 15 is 0 Å². The van der Waals surface area contributed by atoms with E-state index in [0.29, 0.717) is 0 Å². The van der Waals surface area contributed by atoms with Crippen molar-refractivity contribution in [2.75, 3.05) is 6.61 Å². The molecule has 1 rings (SSSR count). The van der Waals surface area contributed by atoms with Crippen LogP contribution < -0.4 is 0 Å². The lowest BCUT2D eigenvalue weighted by Crippen LogP contribution is -2.33. The van der Waals surface area contributed by atoms with Crippen molar-refractivity contribution in [2.45, 2.75) is 51.7 Å². The van der Waals surface area contributed by atoms with E-state index in [4.69, 9.17) is 5.11 Å². The molecule has 0 aliphatic carbocycles. The molecule has 1 aromatic rings. The molecule has 0 aliphatic heterocycles. The first-order valence-electron chi connectivity index (χ1n) is 7.44. The quantitative estimate of drug-likeness (QED) is 0.692. The number of rotatable bonds is 8. The Morgan fingerprint density at radius 2 is 1.89 bits per heavy atom. The van der Waals surface area contributed by atoms with E-state index < -0.39 is 8.07 Å². The maximum Gasteiger partial charge on any atom is 0.0793 e. The predicted octanol–water partition coefficient (Wildman–Crippen LogP) is 4.51. The lowest BCUT2D eigenvalue weighted by atomic mass is 10.2. The van der Waals surface area contributed by atoms with E-state index in [9.17, 15) is 0 Å². The summed E-state index contributed by atoms with van der Waals surface area (Å²) in [7, 11) is -1.40. The zero-order valence-electron chi connectivity index (χ0n) is 12.7. The number of allylic oxidation sites excluding steroid dienone is 1. The molecule has 0 bridgehead atoms. The Kier molecular flexibility index (Phi) is 7.10. The summed E-state index contributed by atoms with van der Waals surface area (Å²) < 4.78 is 0. The van der Waals surface area contributed by atoms with Gasteiger partial charge in [0.25, 0.3) is 0 Å². The molecule has 106 valence electrons. The Labute approximate surface area is 119 Å². The van der Waals surface area contributed by atoms with Gasteiger partial charge in [0.1, 0.15) is 0 Å². The second-order valence-electron chi connectivity index (χ2n) is 5.89. The summed E-state index contributed by atoms with van der Waals surface area (Å²) in [4.78, 5) is 0. The fourth-order valence-corrected chi connectivity index (χ4v) is 5.58. The molecule has 1 N–H and O–H groups in total. The first-order valence-corrected chi connectivity index (χ1v) is 10.6. The first-order chi connectivity index (χ1) is 9.10. The Bertz CT molecular complexity index is 382. The maximum atomic E-state index is 9.07. The first kappa shape index (κ1) is 16.2. The smallest absolute Gasteiger partial charge is 0.0793 e. The van der Waals surface area contributed by atoms with Gasteiger partial charge in [0.2, 0.25) is 0 Å². The van der Waals surface area contributed by atoms with Crippen LogP contribution in [0.3, 0.4) is 0 Å². The number of unbranched alkanes of at least 4 members (excludes halogenated alkanes) is 1. The third-order valence-corrected chi connectivity index (χ3v) is 7.16. The van der Waals surface area contributed by atoms with Gasteiger partial charge < -0.3 is 5.11 Å². The zero-order valence-corrected chi connectivity index (χ0v) is 13.7. The van der Waals surface area contributed by atoms with E-state index in [1.54, 1.807) is 5.20 Å². The molecule has 0 amide bonds. The average molecular weight is 276 g/mol. The average Bonchev–Trinajstić information content (AvgIpc) is 2.39. The highest BCUT2D eigenvalue weighted by atomic mass is 28.3. The summed E-state index contributed by atoms with van der Waals surface area (Å²) in [5.41, 5.74) is 1.45. The molecular weight excluding hydrogens is 248 g/mol. The Morgan fingerprint density at radius 1 is 1.21 bits per heavy atom. The Balaban J connectivity index is 2.79. The third-order valence-electron chi connectivity index (χ3n) is 3.68. The van der Waals surface area contributed by atoms with Crippen LogP contribution in [0.15, 0.2) is 41.6 Å². The van der Waals surface area contributed by atoms with E-state index in [2.05, 4.69) is 56.4 Å². The van der Waals surface area contributed by atoms with Crippen molar-refractivity contribution in [1.82, 2.24) is 0 Å². The van der Waals surface area contributed by atoms with Crippen LogP contribution in [-0.4, -0.2) is 19.8 Å². The topological polar surface area (TPSA) is 20.2 Å². The summed E-state index contributed by atoms with van der Waals surface area (Å²) in [6, 6.07) is 12.0. The van der Waals surface area contributed by atoms with Gasteiger partial charge in [-0.2, -0.15) is 0 Å². The molecule has 0 aromatic heterocycles. The summed E-state index contributed by atoms with van der Waals surface area (Å²) in [6.07, 6.45) is 6.84. The van der Waals surface area contributed by atoms with Gasteiger partial charge in [-0.3, -0.25) is 0 Å². The van der Waals surface area contributed by atoms with Gasteiger partial charge in [-0.1, -0.05) is 80.0 Å². The van der Waals surface area contributed by atoms with Crippen molar-refractivity contribution in [3.63, 3.8) is 0 Å². The highest BCUT2D eigenvalue weighted by Gasteiger charge is 2.25. The second-order valence-corrected chi connectivity index (χ2v) is 10.7. The predicted molar refractivity (Wildman–Crippen MR) is 86.9 cm³/mol. The van der Waals surface area contributed by atoms with Gasteiger partial charge in [0, 0.05) is 6.61 Å². The molecule has 19 heavy (non-hydrogen) atoms. The van der Waals surface area contributed by atoms with Gasteiger partial charge in [-0.05, 0) is 18.9 Å². The zero-order chi connectivity index (χ0) is 14.1. The van der Waals surface area contributed by atoms with Crippen LogP contribution in [0, 0.1) is 0 Å². The minimum absolute atomic E-state index is 0.269. The highest BCUT2D eigenvalue weighted by molar-refractivity contribution is 6.83. The number of aliphatic hydroxyl groups excluding tert-OH is 1. The van der Waals surface area contributed by atoms with Gasteiger partial charge >= 0.3 is 0 Å². The van der Waals surface area contributed by atoms with Gasteiger partial charge in [-0.15, -0.1) is 0 Å². The normalized spacial score (nSPS) is 12.7. The summed E-state index contributed by atoms with van der Waals surface area (Å²) in [5, 5.41) is 10.7. The van der Waals surface area contributed by atoms with Crippen LogP contribution in [0.2, 0.25) is 13.1 Å². The summed E-state index contributed by atoms with van der Waals surface area (Å²) in [6.45, 7) is 7.43. The molecule has 0 saturated heterocycles. The van der Waals surface area contributed by atoms with Crippen molar-refractivity contribution >= 4 is 8.07 Å². The van der Waals surface area contributed by atoms with Crippen molar-refractivity contribution in [3.05, 3.63) is 47.2 Å². The number of hydrogen-bond donors (Lipinski definition) is 1. The lowest BCUT2D eigenvalue weighted by Gasteiger charge is -2.27. The van der Waals surface area contributed by atoms with Crippen molar-refractivity contribution in [2.24, 2.45) is 0 Å². The summed E-state index contributed by atoms with van der Waals surface area (Å²) in [5.74, 6) is 0. The van der Waals surface area contributed by atoms with Gasteiger partial charge in [0.05, 0.1) is 8.07 Å². The second kappa shape index (κ2) is 8.34. The fraction of sp³-hybridized carbons (Fsp3) is 0.529. The number of aliphatic hydroxyl groups is 1. The third kappa shape index (κ3) is 5.75. The largest absolute Gasteiger partial charge is 0.396 e. The molecule has 0 atom stereocenters. The number of benzene rings is 1. The molecule has 2 heteroatoms. The van der Waals surface area contributed by atoms with Crippen molar-refractivity contribution in [3.8, 4) is 0 Å². The molecule has 0 radical (unpaired) electrons. The summed E-state index contributed by atoms with van der Waals surface area (Å²) >= 11 is 0. The van der Waals surface area contributed by atoms with Gasteiger partial charge in [-0.25, -0.2) is 0 Å². The van der Waals surface area contributed by atoms with Gasteiger partial charge in [0.15, 0.2) is 0 Å². The fourth-order valence-electron chi connectivity index (χ4n) is 2.54. The van der Waals surface area contributed by atoms with Crippen LogP contribution in [-0.2, 0) is 6.04 Å². The van der Waals surface area contributed by atoms with Crippen molar-refractivity contribution < 1.29 is 5.11 Å². The monoisotopic (exact) mass is 276 g/mol. The number of hydrogen-bond acceptors (Lipinski definition) is 1. The van der Waals surface area contributed by atoms with Crippen LogP contribution in [0.1, 0.15) is 38.2 Å². The lowest BCUT2D eigenvalue weighted by molar-refractivity contribution is 0.302. The SMILES string of the molecule is CCCC/C(=C\CCO)[Si](C)(C)Cc1ccccc1. The van der Waals surface area contributed by atoms with Crippen LogP contribution >= 0.6 is 0 Å². The molecular formula is C17H28OSi. The van der Waals surface area contributed by atoms with Crippen molar-refractivity contribution in [1.29, 1.82) is 0 Å². The minimum Gasteiger partial charge on any atom is -0.396 e. The molecule has 0 unspecified atom stereocenters. The van der Waals surface area contributed by atoms with E-state index in [0.717, 1.165) is 6.42 Å². The molecule has 0 heterocycles. The van der Waals surface area contributed by atoms with Crippen LogP contribution in [0.5, 0.6) is 0 Å². The molecule has 1 nitrogen and oxygen atoms in total. The highest BCUT2D eigenvalue weighted by Crippen LogP contribution is 2.25. The molecule has 0 spiro atoms. The Hall–Kier alpha value is -0.863. The van der Waals surface area contributed by atoms with E-state index in [-0.39, 0.29) is 6.61 Å². The van der Waals surface area contributed by atoms with E-state index in [1.807, 2.05) is 0 Å². The molecule has 0 fully saturated rings. The standard InChI is InChI=1S/C17H28OSi/c1-4-5-12-17(13-9-14-18)19(2,3)15-16-10-7-6-8-11-16/h6-8,10-11,13,18H,4-5,9,12,14-15H2,1-3H3/b17-13+.